The van der Waals surface area contributed by atoms with Gasteiger partial charge in [-0.1, -0.05) is 91.9 Å². The maximum absolute atomic E-state index is 6.56. The molecule has 0 spiro atoms. The van der Waals surface area contributed by atoms with Crippen LogP contribution in [0, 0.1) is 0 Å². The zero-order valence-corrected chi connectivity index (χ0v) is 32.6. The highest BCUT2D eigenvalue weighted by molar-refractivity contribution is 6.22. The summed E-state index contributed by atoms with van der Waals surface area (Å²) < 4.78 is 17.9. The first-order chi connectivity index (χ1) is 29.1. The molecule has 278 valence electrons. The van der Waals surface area contributed by atoms with E-state index in [1.807, 2.05) is 0 Å². The number of allylic oxidation sites excluding steroid dienone is 1. The molecule has 4 aromatic heterocycles. The standard InChI is InChI=1S/C55H36N2O2/c1-3-11-38-32(4-2)18-22-48-54(38)40-14-7-9-16-46(40)56(48)36-20-24-50-44(30-36)42-26-34-27-43-45-31-37(21-25-51(45)59-53(43)29-35(34)28-52(42)58-50)57-47-17-10-8-15-41(47)55-39-13-6-5-12-33(39)19-23-49(55)57/h3,5-31H,4H2,1-2H3/b11-3-. The lowest BCUT2D eigenvalue weighted by molar-refractivity contribution is 0.668. The molecule has 0 saturated carbocycles. The minimum Gasteiger partial charge on any atom is -0.456 e. The van der Waals surface area contributed by atoms with Crippen LogP contribution in [0.1, 0.15) is 25.0 Å². The number of furan rings is 2. The number of para-hydroxylation sites is 2. The van der Waals surface area contributed by atoms with E-state index in [1.54, 1.807) is 0 Å². The van der Waals surface area contributed by atoms with Crippen molar-refractivity contribution in [1.29, 1.82) is 0 Å². The van der Waals surface area contributed by atoms with Gasteiger partial charge in [-0.3, -0.25) is 0 Å². The molecule has 0 fully saturated rings. The van der Waals surface area contributed by atoms with E-state index in [4.69, 9.17) is 8.83 Å². The second-order valence-corrected chi connectivity index (χ2v) is 15.9. The average molecular weight is 757 g/mol. The number of benzene rings is 9. The third-order valence-corrected chi connectivity index (χ3v) is 12.7. The van der Waals surface area contributed by atoms with E-state index in [0.717, 1.165) is 72.4 Å². The molecule has 4 heteroatoms. The Bertz CT molecular complexity index is 3960. The van der Waals surface area contributed by atoms with Crippen molar-refractivity contribution in [3.8, 4) is 11.4 Å². The van der Waals surface area contributed by atoms with Crippen LogP contribution in [0.15, 0.2) is 173 Å². The van der Waals surface area contributed by atoms with E-state index in [1.165, 1.54) is 65.5 Å². The Morgan fingerprint density at radius 2 is 0.949 bits per heavy atom. The summed E-state index contributed by atoms with van der Waals surface area (Å²) in [6.07, 6.45) is 5.40. The smallest absolute Gasteiger partial charge is 0.136 e. The molecule has 0 unspecified atom stereocenters. The van der Waals surface area contributed by atoms with E-state index < -0.39 is 0 Å². The van der Waals surface area contributed by atoms with Gasteiger partial charge in [0.2, 0.25) is 0 Å². The molecule has 0 radical (unpaired) electrons. The van der Waals surface area contributed by atoms with Crippen molar-refractivity contribution in [3.05, 3.63) is 175 Å². The van der Waals surface area contributed by atoms with Crippen LogP contribution in [-0.4, -0.2) is 9.13 Å². The molecule has 4 heterocycles. The predicted molar refractivity (Wildman–Crippen MR) is 249 cm³/mol. The molecule has 0 saturated heterocycles. The van der Waals surface area contributed by atoms with Gasteiger partial charge < -0.3 is 18.0 Å². The molecule has 4 nitrogen and oxygen atoms in total. The number of nitrogens with zero attached hydrogens (tertiary/aromatic N) is 2. The Morgan fingerprint density at radius 1 is 0.424 bits per heavy atom. The molecule has 13 rings (SSSR count). The van der Waals surface area contributed by atoms with Gasteiger partial charge in [-0.2, -0.15) is 0 Å². The van der Waals surface area contributed by atoms with Crippen LogP contribution in [-0.2, 0) is 6.42 Å². The molecule has 0 aliphatic rings. The Morgan fingerprint density at radius 3 is 1.58 bits per heavy atom. The van der Waals surface area contributed by atoms with Crippen LogP contribution in [0.3, 0.4) is 0 Å². The van der Waals surface area contributed by atoms with Crippen molar-refractivity contribution < 1.29 is 8.83 Å². The fourth-order valence-electron chi connectivity index (χ4n) is 10.1. The minimum absolute atomic E-state index is 0.866. The SMILES string of the molecule is C/C=C\c1c(CC)ccc2c1c1ccccc1n2-c1ccc2oc3cc4cc5oc6ccc(-n7c8ccccc8c8c9ccccc9ccc87)cc6c5cc4cc3c2c1. The van der Waals surface area contributed by atoms with Crippen molar-refractivity contribution in [2.75, 3.05) is 0 Å². The summed E-state index contributed by atoms with van der Waals surface area (Å²) in [5.41, 5.74) is 13.2. The summed E-state index contributed by atoms with van der Waals surface area (Å²) in [6, 6.07) is 57.4. The van der Waals surface area contributed by atoms with Gasteiger partial charge in [-0.05, 0) is 131 Å². The van der Waals surface area contributed by atoms with E-state index in [9.17, 15) is 0 Å². The molecule has 13 aromatic rings. The molecule has 0 bridgehead atoms. The van der Waals surface area contributed by atoms with Gasteiger partial charge in [-0.25, -0.2) is 0 Å². The summed E-state index contributed by atoms with van der Waals surface area (Å²) in [4.78, 5) is 0. The molecule has 0 N–H and O–H groups in total. The van der Waals surface area contributed by atoms with Gasteiger partial charge in [0, 0.05) is 54.5 Å². The topological polar surface area (TPSA) is 36.1 Å². The lowest BCUT2D eigenvalue weighted by Gasteiger charge is -2.10. The molecule has 59 heavy (non-hydrogen) atoms. The van der Waals surface area contributed by atoms with Crippen LogP contribution in [0.5, 0.6) is 0 Å². The molecular formula is C55H36N2O2. The highest BCUT2D eigenvalue weighted by atomic mass is 16.3. The van der Waals surface area contributed by atoms with Crippen molar-refractivity contribution >= 4 is 115 Å². The Kier molecular flexibility index (Phi) is 6.60. The first-order valence-electron chi connectivity index (χ1n) is 20.5. The Hall–Kier alpha value is -7.56. The predicted octanol–water partition coefficient (Wildman–Crippen LogP) is 15.6. The van der Waals surface area contributed by atoms with Crippen LogP contribution < -0.4 is 0 Å². The number of rotatable bonds is 4. The summed E-state index contributed by atoms with van der Waals surface area (Å²) in [5.74, 6) is 0. The van der Waals surface area contributed by atoms with Crippen LogP contribution in [0.2, 0.25) is 0 Å². The van der Waals surface area contributed by atoms with Crippen molar-refractivity contribution in [2.24, 2.45) is 0 Å². The zero-order valence-electron chi connectivity index (χ0n) is 32.6. The number of fused-ring (bicyclic) bond motifs is 15. The normalized spacial score (nSPS) is 12.6. The fraction of sp³-hybridized carbons (Fsp3) is 0.0545. The third-order valence-electron chi connectivity index (χ3n) is 12.7. The molecule has 0 atom stereocenters. The molecule has 0 aliphatic heterocycles. The average Bonchev–Trinajstić information content (AvgIpc) is 4.02. The van der Waals surface area contributed by atoms with E-state index >= 15 is 0 Å². The van der Waals surface area contributed by atoms with Gasteiger partial charge in [0.25, 0.3) is 0 Å². The number of hydrogen-bond donors (Lipinski definition) is 0. The van der Waals surface area contributed by atoms with E-state index in [0.29, 0.717) is 0 Å². The first kappa shape index (κ1) is 32.5. The lowest BCUT2D eigenvalue weighted by Crippen LogP contribution is -1.94. The number of aromatic nitrogens is 2. The largest absolute Gasteiger partial charge is 0.456 e. The van der Waals surface area contributed by atoms with Crippen molar-refractivity contribution in [2.45, 2.75) is 20.3 Å². The second-order valence-electron chi connectivity index (χ2n) is 15.9. The van der Waals surface area contributed by atoms with Crippen LogP contribution in [0.4, 0.5) is 0 Å². The molecule has 0 aliphatic carbocycles. The summed E-state index contributed by atoms with van der Waals surface area (Å²) >= 11 is 0. The maximum Gasteiger partial charge on any atom is 0.136 e. The van der Waals surface area contributed by atoms with Crippen LogP contribution in [0.25, 0.3) is 126 Å². The summed E-state index contributed by atoms with van der Waals surface area (Å²) in [7, 11) is 0. The lowest BCUT2D eigenvalue weighted by atomic mass is 9.98. The van der Waals surface area contributed by atoms with Gasteiger partial charge in [0.15, 0.2) is 0 Å². The quantitative estimate of drug-likeness (QED) is 0.179. The third kappa shape index (κ3) is 4.49. The first-order valence-corrected chi connectivity index (χ1v) is 20.5. The van der Waals surface area contributed by atoms with Crippen molar-refractivity contribution in [3.63, 3.8) is 0 Å². The van der Waals surface area contributed by atoms with Gasteiger partial charge in [0.1, 0.15) is 22.3 Å². The van der Waals surface area contributed by atoms with Gasteiger partial charge in [0.05, 0.1) is 22.1 Å². The number of hydrogen-bond acceptors (Lipinski definition) is 2. The zero-order chi connectivity index (χ0) is 38.9. The van der Waals surface area contributed by atoms with Gasteiger partial charge >= 0.3 is 0 Å². The summed E-state index contributed by atoms with van der Waals surface area (Å²) in [5, 5.41) is 14.2. The fourth-order valence-corrected chi connectivity index (χ4v) is 10.1. The van der Waals surface area contributed by atoms with Crippen molar-refractivity contribution in [1.82, 2.24) is 9.13 Å². The van der Waals surface area contributed by atoms with Crippen LogP contribution >= 0.6 is 0 Å². The highest BCUT2D eigenvalue weighted by Gasteiger charge is 2.20. The Balaban J connectivity index is 1.00. The maximum atomic E-state index is 6.56. The number of aryl methyl sites for hydroxylation is 1. The van der Waals surface area contributed by atoms with Gasteiger partial charge in [-0.15, -0.1) is 0 Å². The summed E-state index contributed by atoms with van der Waals surface area (Å²) in [6.45, 7) is 4.34. The highest BCUT2D eigenvalue weighted by Crippen LogP contribution is 2.42. The van der Waals surface area contributed by atoms with E-state index in [2.05, 4.69) is 193 Å². The molecular weight excluding hydrogens is 721 g/mol. The molecule has 0 amide bonds. The Labute approximate surface area is 338 Å². The second kappa shape index (κ2) is 12.0. The van der Waals surface area contributed by atoms with E-state index in [-0.39, 0.29) is 0 Å². The minimum atomic E-state index is 0.866. The molecule has 9 aromatic carbocycles. The monoisotopic (exact) mass is 756 g/mol.